The quantitative estimate of drug-likeness (QED) is 0.236. The van der Waals surface area contributed by atoms with Crippen LogP contribution in [0.2, 0.25) is 0 Å². The molecule has 39 heavy (non-hydrogen) atoms. The summed E-state index contributed by atoms with van der Waals surface area (Å²) in [4.78, 5) is 14.4. The zero-order chi connectivity index (χ0) is 26.0. The Labute approximate surface area is 226 Å². The van der Waals surface area contributed by atoms with Crippen molar-refractivity contribution in [3.63, 3.8) is 0 Å². The van der Waals surface area contributed by atoms with Crippen LogP contribution >= 0.6 is 0 Å². The third-order valence-corrected chi connectivity index (χ3v) is 6.86. The van der Waals surface area contributed by atoms with E-state index < -0.39 is 0 Å². The van der Waals surface area contributed by atoms with Crippen molar-refractivity contribution in [1.82, 2.24) is 15.0 Å². The summed E-state index contributed by atoms with van der Waals surface area (Å²) in [6.45, 7) is 0. The molecule has 0 N–H and O–H groups in total. The Bertz CT molecular complexity index is 1890. The zero-order valence-corrected chi connectivity index (χ0v) is 21.0. The smallest absolute Gasteiger partial charge is 0.196 e. The lowest BCUT2D eigenvalue weighted by molar-refractivity contribution is 0.577. The van der Waals surface area contributed by atoms with Crippen LogP contribution in [-0.4, -0.2) is 15.0 Å². The minimum atomic E-state index is 0.553. The normalized spacial score (nSPS) is 11.1. The van der Waals surface area contributed by atoms with Crippen molar-refractivity contribution >= 4 is 10.9 Å². The van der Waals surface area contributed by atoms with Gasteiger partial charge < -0.3 is 4.42 Å². The lowest BCUT2D eigenvalue weighted by Gasteiger charge is -2.11. The fraction of sp³-hybridized carbons (Fsp3) is 0. The third-order valence-electron chi connectivity index (χ3n) is 6.86. The van der Waals surface area contributed by atoms with E-state index in [1.54, 1.807) is 6.26 Å². The van der Waals surface area contributed by atoms with Gasteiger partial charge in [0.15, 0.2) is 11.6 Å². The monoisotopic (exact) mass is 501 g/mol. The molecule has 0 spiro atoms. The molecule has 184 valence electrons. The summed E-state index contributed by atoms with van der Waals surface area (Å²) in [6, 6.07) is 43.4. The summed E-state index contributed by atoms with van der Waals surface area (Å²) < 4.78 is 5.69. The summed E-state index contributed by atoms with van der Waals surface area (Å²) >= 11 is 0. The van der Waals surface area contributed by atoms with Gasteiger partial charge >= 0.3 is 0 Å². The average Bonchev–Trinajstić information content (AvgIpc) is 3.57. The second-order valence-electron chi connectivity index (χ2n) is 9.34. The van der Waals surface area contributed by atoms with Crippen LogP contribution in [0.4, 0.5) is 0 Å². The number of para-hydroxylation sites is 1. The van der Waals surface area contributed by atoms with Crippen LogP contribution in [0, 0.1) is 0 Å². The van der Waals surface area contributed by atoms with Crippen molar-refractivity contribution in [3.05, 3.63) is 140 Å². The fourth-order valence-corrected chi connectivity index (χ4v) is 4.91. The highest BCUT2D eigenvalue weighted by Gasteiger charge is 2.14. The Morgan fingerprint density at radius 3 is 2.00 bits per heavy atom. The van der Waals surface area contributed by atoms with Crippen LogP contribution in [-0.2, 0) is 0 Å². The van der Waals surface area contributed by atoms with Crippen LogP contribution in [0.1, 0.15) is 0 Å². The van der Waals surface area contributed by atoms with Gasteiger partial charge in [-0.2, -0.15) is 0 Å². The highest BCUT2D eigenvalue weighted by atomic mass is 16.3. The Kier molecular flexibility index (Phi) is 5.76. The molecule has 7 aromatic rings. The molecule has 0 aliphatic carbocycles. The number of rotatable bonds is 5. The van der Waals surface area contributed by atoms with E-state index in [0.717, 1.165) is 50.1 Å². The SMILES string of the molecule is c1ccc(-c2ccc(-c3cc(-c4cccc(-c5cccc6cccnc56)c4)nc(-c4ccco4)n3)cc2)cc1. The van der Waals surface area contributed by atoms with Crippen LogP contribution in [0.3, 0.4) is 0 Å². The molecule has 0 aliphatic heterocycles. The molecule has 3 heterocycles. The summed E-state index contributed by atoms with van der Waals surface area (Å²) in [6.07, 6.45) is 3.49. The van der Waals surface area contributed by atoms with E-state index in [-0.39, 0.29) is 0 Å². The molecule has 7 rings (SSSR count). The minimum absolute atomic E-state index is 0.553. The molecule has 4 aromatic carbocycles. The van der Waals surface area contributed by atoms with Gasteiger partial charge in [0.25, 0.3) is 0 Å². The molecule has 0 saturated heterocycles. The molecular weight excluding hydrogens is 478 g/mol. The van der Waals surface area contributed by atoms with Gasteiger partial charge in [-0.25, -0.2) is 9.97 Å². The second kappa shape index (κ2) is 9.84. The number of fused-ring (bicyclic) bond motifs is 1. The van der Waals surface area contributed by atoms with Gasteiger partial charge in [0.2, 0.25) is 0 Å². The van der Waals surface area contributed by atoms with Gasteiger partial charge in [-0.15, -0.1) is 0 Å². The van der Waals surface area contributed by atoms with Crippen molar-refractivity contribution in [2.45, 2.75) is 0 Å². The highest BCUT2D eigenvalue weighted by Crippen LogP contribution is 2.33. The van der Waals surface area contributed by atoms with Crippen molar-refractivity contribution in [3.8, 4) is 56.4 Å². The van der Waals surface area contributed by atoms with Gasteiger partial charge in [0.1, 0.15) is 0 Å². The average molecular weight is 502 g/mol. The summed E-state index contributed by atoms with van der Waals surface area (Å²) in [5.41, 5.74) is 9.18. The Balaban J connectivity index is 1.33. The van der Waals surface area contributed by atoms with Crippen LogP contribution in [0.5, 0.6) is 0 Å². The van der Waals surface area contributed by atoms with Crippen molar-refractivity contribution in [2.75, 3.05) is 0 Å². The molecule has 0 aliphatic rings. The van der Waals surface area contributed by atoms with Crippen LogP contribution in [0.25, 0.3) is 67.3 Å². The Morgan fingerprint density at radius 2 is 1.18 bits per heavy atom. The molecule has 4 nitrogen and oxygen atoms in total. The molecule has 0 amide bonds. The van der Waals surface area contributed by atoms with Gasteiger partial charge in [-0.3, -0.25) is 4.98 Å². The van der Waals surface area contributed by atoms with E-state index in [1.165, 1.54) is 5.56 Å². The first kappa shape index (κ1) is 22.8. The molecule has 0 atom stereocenters. The molecule has 0 radical (unpaired) electrons. The third kappa shape index (κ3) is 4.49. The van der Waals surface area contributed by atoms with E-state index in [9.17, 15) is 0 Å². The van der Waals surface area contributed by atoms with Crippen molar-refractivity contribution in [1.29, 1.82) is 0 Å². The summed E-state index contributed by atoms with van der Waals surface area (Å²) in [5.74, 6) is 1.19. The first-order valence-corrected chi connectivity index (χ1v) is 12.9. The van der Waals surface area contributed by atoms with Gasteiger partial charge in [0.05, 0.1) is 23.2 Å². The highest BCUT2D eigenvalue weighted by molar-refractivity contribution is 5.94. The van der Waals surface area contributed by atoms with Crippen molar-refractivity contribution in [2.24, 2.45) is 0 Å². The summed E-state index contributed by atoms with van der Waals surface area (Å²) in [5, 5.41) is 1.11. The predicted molar refractivity (Wildman–Crippen MR) is 157 cm³/mol. The number of hydrogen-bond acceptors (Lipinski definition) is 4. The first-order valence-electron chi connectivity index (χ1n) is 12.9. The topological polar surface area (TPSA) is 51.8 Å². The van der Waals surface area contributed by atoms with Crippen LogP contribution in [0.15, 0.2) is 144 Å². The lowest BCUT2D eigenvalue weighted by atomic mass is 9.98. The standard InChI is InChI=1S/C35H23N3O/c1-2-8-24(9-3-1)25-16-18-26(19-17-25)31-23-32(38-35(37-31)33-15-7-21-39-33)29-12-4-11-28(22-29)30-14-5-10-27-13-6-20-36-34(27)30/h1-23H. The lowest BCUT2D eigenvalue weighted by Crippen LogP contribution is -1.95. The second-order valence-corrected chi connectivity index (χ2v) is 9.34. The fourth-order valence-electron chi connectivity index (χ4n) is 4.91. The molecule has 0 bridgehead atoms. The molecule has 4 heteroatoms. The van der Waals surface area contributed by atoms with E-state index in [1.807, 2.05) is 36.5 Å². The molecule has 0 saturated carbocycles. The first-order chi connectivity index (χ1) is 19.3. The van der Waals surface area contributed by atoms with E-state index >= 15 is 0 Å². The van der Waals surface area contributed by atoms with Gasteiger partial charge in [-0.1, -0.05) is 97.1 Å². The van der Waals surface area contributed by atoms with Gasteiger partial charge in [-0.05, 0) is 47.0 Å². The molecule has 0 fully saturated rings. The predicted octanol–water partition coefficient (Wildman–Crippen LogP) is 8.95. The molecular formula is C35H23N3O. The number of furan rings is 1. The maximum absolute atomic E-state index is 5.69. The van der Waals surface area contributed by atoms with Crippen molar-refractivity contribution < 1.29 is 4.42 Å². The Morgan fingerprint density at radius 1 is 0.487 bits per heavy atom. The Hall–Kier alpha value is -5.35. The van der Waals surface area contributed by atoms with E-state index in [0.29, 0.717) is 11.6 Å². The number of nitrogens with zero attached hydrogens (tertiary/aromatic N) is 3. The number of aromatic nitrogens is 3. The van der Waals surface area contributed by atoms with E-state index in [4.69, 9.17) is 14.4 Å². The number of hydrogen-bond donors (Lipinski definition) is 0. The summed E-state index contributed by atoms with van der Waals surface area (Å²) in [7, 11) is 0. The van der Waals surface area contributed by atoms with Crippen LogP contribution < -0.4 is 0 Å². The molecule has 3 aromatic heterocycles. The van der Waals surface area contributed by atoms with Gasteiger partial charge in [0, 0.05) is 28.3 Å². The maximum Gasteiger partial charge on any atom is 0.196 e. The maximum atomic E-state index is 5.69. The number of pyridine rings is 1. The number of benzene rings is 4. The van der Waals surface area contributed by atoms with E-state index in [2.05, 4.69) is 102 Å². The molecule has 0 unspecified atom stereocenters. The largest absolute Gasteiger partial charge is 0.461 e. The zero-order valence-electron chi connectivity index (χ0n) is 21.0. The minimum Gasteiger partial charge on any atom is -0.461 e.